The minimum Gasteiger partial charge on any atom is -0.461 e. The lowest BCUT2D eigenvalue weighted by Gasteiger charge is -2.07. The second-order valence-electron chi connectivity index (χ2n) is 5.21. The van der Waals surface area contributed by atoms with Gasteiger partial charge in [-0.25, -0.2) is 9.59 Å². The van der Waals surface area contributed by atoms with Crippen molar-refractivity contribution in [3.63, 3.8) is 0 Å². The van der Waals surface area contributed by atoms with E-state index in [0.29, 0.717) is 22.6 Å². The van der Waals surface area contributed by atoms with Gasteiger partial charge in [-0.3, -0.25) is 4.79 Å². The van der Waals surface area contributed by atoms with Gasteiger partial charge in [0.15, 0.2) is 5.78 Å². The predicted octanol–water partition coefficient (Wildman–Crippen LogP) is 3.09. The van der Waals surface area contributed by atoms with E-state index in [-0.39, 0.29) is 30.1 Å². The lowest BCUT2D eigenvalue weighted by molar-refractivity contribution is 0.0521. The number of thiol groups is 2. The molecule has 136 valence electrons. The SMILES string of the molecule is O=C(OCCS)c1cccc(C(=O)c2cccc(C(=O)OCCS)c2)c1. The van der Waals surface area contributed by atoms with Crippen molar-refractivity contribution in [2.24, 2.45) is 0 Å². The molecule has 2 aromatic rings. The summed E-state index contributed by atoms with van der Waals surface area (Å²) < 4.78 is 10.0. The minimum absolute atomic E-state index is 0.191. The van der Waals surface area contributed by atoms with Gasteiger partial charge in [0, 0.05) is 22.6 Å². The van der Waals surface area contributed by atoms with Gasteiger partial charge in [0.1, 0.15) is 13.2 Å². The maximum Gasteiger partial charge on any atom is 0.338 e. The zero-order valence-corrected chi connectivity index (χ0v) is 15.7. The van der Waals surface area contributed by atoms with Crippen molar-refractivity contribution in [1.29, 1.82) is 0 Å². The quantitative estimate of drug-likeness (QED) is 0.412. The summed E-state index contributed by atoms with van der Waals surface area (Å²) in [6, 6.07) is 12.5. The first-order valence-corrected chi connectivity index (χ1v) is 9.14. The first-order chi connectivity index (χ1) is 12.6. The maximum atomic E-state index is 12.7. The van der Waals surface area contributed by atoms with Crippen molar-refractivity contribution < 1.29 is 23.9 Å². The summed E-state index contributed by atoms with van der Waals surface area (Å²) in [5.74, 6) is -0.505. The standard InChI is InChI=1S/C19H18O5S2/c20-17(13-3-1-5-15(11-13)18(21)23-7-9-25)14-4-2-6-16(12-14)19(22)24-8-10-26/h1-6,11-12,25-26H,7-10H2. The van der Waals surface area contributed by atoms with E-state index < -0.39 is 11.9 Å². The third-order valence-electron chi connectivity index (χ3n) is 3.37. The van der Waals surface area contributed by atoms with Gasteiger partial charge in [-0.05, 0) is 24.3 Å². The van der Waals surface area contributed by atoms with Gasteiger partial charge in [0.2, 0.25) is 0 Å². The first-order valence-electron chi connectivity index (χ1n) is 7.87. The highest BCUT2D eigenvalue weighted by molar-refractivity contribution is 7.80. The van der Waals surface area contributed by atoms with E-state index in [1.54, 1.807) is 36.4 Å². The van der Waals surface area contributed by atoms with Crippen LogP contribution in [0, 0.1) is 0 Å². The molecule has 0 bridgehead atoms. The van der Waals surface area contributed by atoms with E-state index in [1.807, 2.05) is 0 Å². The molecule has 0 N–H and O–H groups in total. The smallest absolute Gasteiger partial charge is 0.338 e. The number of carbonyl (C=O) groups excluding carboxylic acids is 3. The molecule has 0 fully saturated rings. The summed E-state index contributed by atoms with van der Waals surface area (Å²) >= 11 is 7.96. The van der Waals surface area contributed by atoms with Crippen LogP contribution in [0.5, 0.6) is 0 Å². The summed E-state index contributed by atoms with van der Waals surface area (Å²) in [6.45, 7) is 0.382. The Morgan fingerprint density at radius 3 is 1.46 bits per heavy atom. The third kappa shape index (κ3) is 5.37. The number of esters is 2. The molecule has 0 aliphatic rings. The Morgan fingerprint density at radius 2 is 1.08 bits per heavy atom. The highest BCUT2D eigenvalue weighted by atomic mass is 32.1. The molecule has 0 radical (unpaired) electrons. The lowest BCUT2D eigenvalue weighted by Crippen LogP contribution is -2.10. The van der Waals surface area contributed by atoms with E-state index >= 15 is 0 Å². The fourth-order valence-electron chi connectivity index (χ4n) is 2.18. The molecule has 0 saturated heterocycles. The number of hydrogen-bond donors (Lipinski definition) is 2. The Bertz CT molecular complexity index is 739. The Kier molecular flexibility index (Phi) is 7.74. The summed E-state index contributed by atoms with van der Waals surface area (Å²) in [7, 11) is 0. The molecular weight excluding hydrogens is 372 g/mol. The number of carbonyl (C=O) groups is 3. The highest BCUT2D eigenvalue weighted by Gasteiger charge is 2.15. The fraction of sp³-hybridized carbons (Fsp3) is 0.211. The Labute approximate surface area is 162 Å². The zero-order chi connectivity index (χ0) is 18.9. The molecule has 2 aromatic carbocycles. The molecule has 7 heteroatoms. The van der Waals surface area contributed by atoms with E-state index in [0.717, 1.165) is 0 Å². The number of ether oxygens (including phenoxy) is 2. The van der Waals surface area contributed by atoms with Gasteiger partial charge in [-0.1, -0.05) is 24.3 Å². The number of rotatable bonds is 8. The van der Waals surface area contributed by atoms with Crippen LogP contribution in [0.25, 0.3) is 0 Å². The predicted molar refractivity (Wildman–Crippen MR) is 105 cm³/mol. The van der Waals surface area contributed by atoms with Crippen molar-refractivity contribution in [3.8, 4) is 0 Å². The monoisotopic (exact) mass is 390 g/mol. The molecule has 0 heterocycles. The van der Waals surface area contributed by atoms with E-state index in [1.165, 1.54) is 12.1 Å². The molecule has 0 aliphatic carbocycles. The second-order valence-corrected chi connectivity index (χ2v) is 6.10. The maximum absolute atomic E-state index is 12.7. The van der Waals surface area contributed by atoms with Gasteiger partial charge in [0.25, 0.3) is 0 Å². The average Bonchev–Trinajstić information content (AvgIpc) is 2.69. The molecule has 0 spiro atoms. The normalized spacial score (nSPS) is 10.2. The molecule has 0 amide bonds. The van der Waals surface area contributed by atoms with Crippen molar-refractivity contribution in [3.05, 3.63) is 70.8 Å². The van der Waals surface area contributed by atoms with E-state index in [9.17, 15) is 14.4 Å². The Balaban J connectivity index is 2.21. The van der Waals surface area contributed by atoms with Crippen LogP contribution in [0.4, 0.5) is 0 Å². The van der Waals surface area contributed by atoms with Crippen LogP contribution in [0.2, 0.25) is 0 Å². The van der Waals surface area contributed by atoms with Crippen molar-refractivity contribution in [2.75, 3.05) is 24.7 Å². The highest BCUT2D eigenvalue weighted by Crippen LogP contribution is 2.15. The topological polar surface area (TPSA) is 69.7 Å². The summed E-state index contributed by atoms with van der Waals surface area (Å²) in [5, 5.41) is 0. The number of benzene rings is 2. The molecule has 5 nitrogen and oxygen atoms in total. The van der Waals surface area contributed by atoms with Gasteiger partial charge in [-0.15, -0.1) is 0 Å². The van der Waals surface area contributed by atoms with Crippen LogP contribution in [0.15, 0.2) is 48.5 Å². The minimum atomic E-state index is -0.516. The fourth-order valence-corrected chi connectivity index (χ4v) is 2.37. The van der Waals surface area contributed by atoms with Crippen LogP contribution in [-0.2, 0) is 9.47 Å². The average molecular weight is 390 g/mol. The molecule has 0 saturated carbocycles. The third-order valence-corrected chi connectivity index (χ3v) is 3.73. The van der Waals surface area contributed by atoms with Crippen LogP contribution in [-0.4, -0.2) is 42.4 Å². The van der Waals surface area contributed by atoms with Crippen molar-refractivity contribution >= 4 is 43.0 Å². The van der Waals surface area contributed by atoms with E-state index in [4.69, 9.17) is 9.47 Å². The van der Waals surface area contributed by atoms with Gasteiger partial charge < -0.3 is 9.47 Å². The van der Waals surface area contributed by atoms with Crippen LogP contribution in [0.1, 0.15) is 36.6 Å². The van der Waals surface area contributed by atoms with Gasteiger partial charge in [-0.2, -0.15) is 25.3 Å². The number of hydrogen-bond acceptors (Lipinski definition) is 7. The van der Waals surface area contributed by atoms with E-state index in [2.05, 4.69) is 25.3 Å². The molecular formula is C19H18O5S2. The summed E-state index contributed by atoms with van der Waals surface area (Å²) in [4.78, 5) is 36.5. The molecule has 0 aliphatic heterocycles. The molecule has 0 atom stereocenters. The van der Waals surface area contributed by atoms with Crippen molar-refractivity contribution in [1.82, 2.24) is 0 Å². The van der Waals surface area contributed by atoms with Gasteiger partial charge >= 0.3 is 11.9 Å². The number of ketones is 1. The van der Waals surface area contributed by atoms with Crippen LogP contribution in [0.3, 0.4) is 0 Å². The second kappa shape index (κ2) is 10.0. The molecule has 0 aromatic heterocycles. The van der Waals surface area contributed by atoms with Crippen LogP contribution < -0.4 is 0 Å². The Morgan fingerprint density at radius 1 is 0.692 bits per heavy atom. The van der Waals surface area contributed by atoms with Gasteiger partial charge in [0.05, 0.1) is 11.1 Å². The molecule has 2 rings (SSSR count). The van der Waals surface area contributed by atoms with Crippen LogP contribution >= 0.6 is 25.3 Å². The Hall–Kier alpha value is -2.25. The zero-order valence-electron chi connectivity index (χ0n) is 13.9. The summed E-state index contributed by atoms with van der Waals surface area (Å²) in [6.07, 6.45) is 0. The molecule has 26 heavy (non-hydrogen) atoms. The van der Waals surface area contributed by atoms with Crippen molar-refractivity contribution in [2.45, 2.75) is 0 Å². The molecule has 0 unspecified atom stereocenters. The first kappa shape index (κ1) is 20.1. The lowest BCUT2D eigenvalue weighted by atomic mass is 10.00. The summed E-state index contributed by atoms with van der Waals surface area (Å²) in [5.41, 5.74) is 1.21. The largest absolute Gasteiger partial charge is 0.461 e.